The molecule has 0 unspecified atom stereocenters. The van der Waals surface area contributed by atoms with Crippen LogP contribution in [-0.4, -0.2) is 43.4 Å². The van der Waals surface area contributed by atoms with Crippen LogP contribution in [0.3, 0.4) is 0 Å². The lowest BCUT2D eigenvalue weighted by atomic mass is 10.4. The molecule has 1 heterocycles. The fourth-order valence-corrected chi connectivity index (χ4v) is 1.14. The van der Waals surface area contributed by atoms with Crippen LogP contribution < -0.4 is 15.8 Å². The molecule has 6 nitrogen and oxygen atoms in total. The van der Waals surface area contributed by atoms with Crippen molar-refractivity contribution in [3.63, 3.8) is 0 Å². The van der Waals surface area contributed by atoms with Gasteiger partial charge in [0.2, 0.25) is 11.8 Å². The Kier molecular flexibility index (Phi) is 5.52. The summed E-state index contributed by atoms with van der Waals surface area (Å²) in [4.78, 5) is 8.36. The van der Waals surface area contributed by atoms with Crippen molar-refractivity contribution in [2.75, 3.05) is 38.7 Å². The number of anilines is 1. The number of methoxy groups -OCH3 is 1. The van der Waals surface area contributed by atoms with Crippen molar-refractivity contribution in [3.8, 4) is 5.88 Å². The highest BCUT2D eigenvalue weighted by atomic mass is 16.5. The zero-order valence-electron chi connectivity index (χ0n) is 9.69. The molecule has 0 aromatic carbocycles. The molecular weight excluding hydrogens is 208 g/mol. The smallest absolute Gasteiger partial charge is 0.226 e. The highest BCUT2D eigenvalue weighted by Gasteiger charge is 2.00. The number of nitrogens with one attached hydrogen (secondary N) is 1. The van der Waals surface area contributed by atoms with E-state index >= 15 is 0 Å². The first kappa shape index (κ1) is 12.7. The number of nitrogens with zero attached hydrogens (tertiary/aromatic N) is 2. The van der Waals surface area contributed by atoms with Crippen LogP contribution in [0.5, 0.6) is 5.88 Å². The molecule has 0 spiro atoms. The minimum absolute atomic E-state index is 0.536. The van der Waals surface area contributed by atoms with E-state index in [4.69, 9.17) is 15.2 Å². The Morgan fingerprint density at radius 2 is 2.19 bits per heavy atom. The van der Waals surface area contributed by atoms with E-state index in [1.54, 1.807) is 13.2 Å². The fraction of sp³-hybridized carbons (Fsp3) is 0.600. The maximum absolute atomic E-state index is 5.29. The van der Waals surface area contributed by atoms with Crippen LogP contribution in [0.2, 0.25) is 0 Å². The molecule has 0 bridgehead atoms. The van der Waals surface area contributed by atoms with Gasteiger partial charge < -0.3 is 20.5 Å². The predicted molar refractivity (Wildman–Crippen MR) is 61.7 cm³/mol. The second-order valence-corrected chi connectivity index (χ2v) is 3.20. The van der Waals surface area contributed by atoms with Gasteiger partial charge in [-0.3, -0.25) is 0 Å². The van der Waals surface area contributed by atoms with Crippen LogP contribution in [0.1, 0.15) is 5.69 Å². The van der Waals surface area contributed by atoms with Gasteiger partial charge in [0.1, 0.15) is 0 Å². The van der Waals surface area contributed by atoms with E-state index < -0.39 is 0 Å². The predicted octanol–water partition coefficient (Wildman–Crippen LogP) is 0.181. The molecule has 0 radical (unpaired) electrons. The van der Waals surface area contributed by atoms with Gasteiger partial charge in [0.05, 0.1) is 20.3 Å². The summed E-state index contributed by atoms with van der Waals surface area (Å²) in [5.41, 5.74) is 6.15. The third-order valence-corrected chi connectivity index (χ3v) is 1.83. The normalized spacial score (nSPS) is 10.2. The van der Waals surface area contributed by atoms with Crippen molar-refractivity contribution in [2.45, 2.75) is 6.92 Å². The molecule has 90 valence electrons. The molecule has 6 heteroatoms. The third-order valence-electron chi connectivity index (χ3n) is 1.83. The van der Waals surface area contributed by atoms with Gasteiger partial charge in [-0.1, -0.05) is 0 Å². The van der Waals surface area contributed by atoms with Gasteiger partial charge >= 0.3 is 0 Å². The molecule has 0 saturated heterocycles. The molecule has 0 atom stereocenters. The standard InChI is InChI=1S/C10H18N4O2/c1-8-7-9(15-2)14-10(13-8)12-4-6-16-5-3-11/h7H,3-6,11H2,1-2H3,(H,12,13,14). The van der Waals surface area contributed by atoms with E-state index in [0.29, 0.717) is 38.1 Å². The van der Waals surface area contributed by atoms with Crippen molar-refractivity contribution in [2.24, 2.45) is 5.73 Å². The molecule has 0 fully saturated rings. The zero-order valence-corrected chi connectivity index (χ0v) is 9.69. The topological polar surface area (TPSA) is 82.3 Å². The summed E-state index contributed by atoms with van der Waals surface area (Å²) in [5.74, 6) is 1.10. The Bertz CT molecular complexity index is 320. The first-order valence-corrected chi connectivity index (χ1v) is 5.17. The SMILES string of the molecule is COc1cc(C)nc(NCCOCCN)n1. The van der Waals surface area contributed by atoms with Crippen molar-refractivity contribution < 1.29 is 9.47 Å². The summed E-state index contributed by atoms with van der Waals surface area (Å²) >= 11 is 0. The number of aryl methyl sites for hydroxylation is 1. The van der Waals surface area contributed by atoms with E-state index in [1.807, 2.05) is 6.92 Å². The van der Waals surface area contributed by atoms with Crippen molar-refractivity contribution in [3.05, 3.63) is 11.8 Å². The maximum atomic E-state index is 5.29. The molecule has 16 heavy (non-hydrogen) atoms. The number of rotatable bonds is 7. The van der Waals surface area contributed by atoms with E-state index in [-0.39, 0.29) is 0 Å². The average molecular weight is 226 g/mol. The minimum Gasteiger partial charge on any atom is -0.481 e. The first-order valence-electron chi connectivity index (χ1n) is 5.17. The first-order chi connectivity index (χ1) is 7.76. The van der Waals surface area contributed by atoms with Crippen LogP contribution in [0.25, 0.3) is 0 Å². The molecule has 0 aliphatic heterocycles. The summed E-state index contributed by atoms with van der Waals surface area (Å²) in [6.45, 7) is 4.22. The summed E-state index contributed by atoms with van der Waals surface area (Å²) in [6, 6.07) is 1.77. The number of ether oxygens (including phenoxy) is 2. The van der Waals surface area contributed by atoms with Crippen LogP contribution in [0, 0.1) is 6.92 Å². The van der Waals surface area contributed by atoms with Gasteiger partial charge in [-0.25, -0.2) is 4.98 Å². The van der Waals surface area contributed by atoms with E-state index in [1.165, 1.54) is 0 Å². The number of hydrogen-bond acceptors (Lipinski definition) is 6. The number of nitrogens with two attached hydrogens (primary N) is 1. The lowest BCUT2D eigenvalue weighted by Crippen LogP contribution is -2.15. The highest BCUT2D eigenvalue weighted by Crippen LogP contribution is 2.10. The highest BCUT2D eigenvalue weighted by molar-refractivity contribution is 5.30. The Labute approximate surface area is 95.2 Å². The van der Waals surface area contributed by atoms with Crippen LogP contribution in [0.15, 0.2) is 6.07 Å². The number of hydrogen-bond donors (Lipinski definition) is 2. The molecule has 1 aromatic rings. The van der Waals surface area contributed by atoms with Crippen LogP contribution in [0.4, 0.5) is 5.95 Å². The van der Waals surface area contributed by atoms with Gasteiger partial charge in [0, 0.05) is 24.8 Å². The van der Waals surface area contributed by atoms with E-state index in [9.17, 15) is 0 Å². The summed E-state index contributed by atoms with van der Waals surface area (Å²) in [5, 5.41) is 3.05. The third kappa shape index (κ3) is 4.41. The van der Waals surface area contributed by atoms with Crippen molar-refractivity contribution in [1.29, 1.82) is 0 Å². The Balaban J connectivity index is 2.38. The van der Waals surface area contributed by atoms with E-state index in [0.717, 1.165) is 5.69 Å². The summed E-state index contributed by atoms with van der Waals surface area (Å²) in [6.07, 6.45) is 0. The maximum Gasteiger partial charge on any atom is 0.226 e. The quantitative estimate of drug-likeness (QED) is 0.645. The van der Waals surface area contributed by atoms with Gasteiger partial charge in [-0.15, -0.1) is 0 Å². The second-order valence-electron chi connectivity index (χ2n) is 3.20. The Morgan fingerprint density at radius 3 is 2.88 bits per heavy atom. The molecule has 0 aliphatic rings. The molecule has 0 saturated carbocycles. The van der Waals surface area contributed by atoms with Gasteiger partial charge in [-0.2, -0.15) is 4.98 Å². The molecule has 3 N–H and O–H groups in total. The Hall–Kier alpha value is -1.40. The van der Waals surface area contributed by atoms with Crippen LogP contribution in [-0.2, 0) is 4.74 Å². The fourth-order valence-electron chi connectivity index (χ4n) is 1.14. The lowest BCUT2D eigenvalue weighted by molar-refractivity contribution is 0.151. The lowest BCUT2D eigenvalue weighted by Gasteiger charge is -2.07. The van der Waals surface area contributed by atoms with Gasteiger partial charge in [-0.05, 0) is 6.92 Å². The molecule has 1 rings (SSSR count). The zero-order chi connectivity index (χ0) is 11.8. The van der Waals surface area contributed by atoms with E-state index in [2.05, 4.69) is 15.3 Å². The Morgan fingerprint density at radius 1 is 1.38 bits per heavy atom. The average Bonchev–Trinajstić information content (AvgIpc) is 2.28. The van der Waals surface area contributed by atoms with Crippen molar-refractivity contribution in [1.82, 2.24) is 9.97 Å². The molecular formula is C10H18N4O2. The monoisotopic (exact) mass is 226 g/mol. The molecule has 0 aliphatic carbocycles. The minimum atomic E-state index is 0.536. The van der Waals surface area contributed by atoms with Crippen molar-refractivity contribution >= 4 is 5.95 Å². The van der Waals surface area contributed by atoms with Gasteiger partial charge in [0.15, 0.2) is 0 Å². The largest absolute Gasteiger partial charge is 0.481 e. The summed E-state index contributed by atoms with van der Waals surface area (Å²) in [7, 11) is 1.58. The van der Waals surface area contributed by atoms with Gasteiger partial charge in [0.25, 0.3) is 0 Å². The second kappa shape index (κ2) is 6.97. The number of aromatic nitrogens is 2. The molecule has 0 amide bonds. The molecule has 1 aromatic heterocycles. The van der Waals surface area contributed by atoms with Crippen LogP contribution >= 0.6 is 0 Å². The summed E-state index contributed by atoms with van der Waals surface area (Å²) < 4.78 is 10.3.